The number of phenols is 1. The number of carbonyl (C=O) groups excluding carboxylic acids is 4. The molecule has 374 valence electrons. The average molecular weight is 1000 g/mol. The Morgan fingerprint density at radius 1 is 0.786 bits per heavy atom. The van der Waals surface area contributed by atoms with Crippen molar-refractivity contribution in [3.05, 3.63) is 106 Å². The number of imide groups is 3. The van der Waals surface area contributed by atoms with Crippen LogP contribution in [0, 0.1) is 20.8 Å². The van der Waals surface area contributed by atoms with E-state index in [1.54, 1.807) is 19.1 Å². The van der Waals surface area contributed by atoms with Crippen LogP contribution in [0.4, 0.5) is 11.4 Å². The molecule has 4 heterocycles. The van der Waals surface area contributed by atoms with Crippen molar-refractivity contribution >= 4 is 61.0 Å². The van der Waals surface area contributed by atoms with Gasteiger partial charge in [-0.15, -0.1) is 0 Å². The van der Waals surface area contributed by atoms with Gasteiger partial charge in [-0.3, -0.25) is 28.3 Å². The summed E-state index contributed by atoms with van der Waals surface area (Å²) >= 11 is 0. The normalized spacial score (nSPS) is 20.2. The Bertz CT molecular complexity index is 3040. The molecule has 3 aromatic carbocycles. The van der Waals surface area contributed by atoms with Crippen molar-refractivity contribution in [2.75, 3.05) is 24.5 Å². The summed E-state index contributed by atoms with van der Waals surface area (Å²) < 4.78 is 77.3. The highest BCUT2D eigenvalue weighted by molar-refractivity contribution is 7.86. The van der Waals surface area contributed by atoms with E-state index in [-0.39, 0.29) is 40.7 Å². The zero-order valence-electron chi connectivity index (χ0n) is 41.0. The molecule has 4 aliphatic rings. The van der Waals surface area contributed by atoms with Crippen molar-refractivity contribution in [1.82, 2.24) is 10.2 Å². The number of nitrogens with zero attached hydrogens (tertiary/aromatic N) is 3. The second-order valence-corrected chi connectivity index (χ2v) is 22.7. The number of fused-ring (bicyclic) bond motifs is 3. The largest absolute Gasteiger partial charge is 0.507 e. The minimum absolute atomic E-state index is 0.0437. The van der Waals surface area contributed by atoms with Gasteiger partial charge >= 0.3 is 0 Å². The van der Waals surface area contributed by atoms with Gasteiger partial charge in [-0.2, -0.15) is 21.4 Å². The Labute approximate surface area is 410 Å². The first kappa shape index (κ1) is 51.9. The number of benzene rings is 3. The number of phenolic OH excluding ortho intramolecular Hbond substituents is 1. The molecular formula is C52H63N4O12S2+. The number of hydrogen-bond acceptors (Lipinski definition) is 11. The standard InChI is InChI=1S/C52H62N4O12S2/c1-32-33(2)48-37(34(3)47(32)60)25-26-52(8,68-48)49(61)53-27-15-29-55-41-22-20-36(70(65,66)67)31-39(41)51(6,7)43(55)17-12-9-11-16-42-50(4,5)38-30-35(69(62,63)64)19-21-40(38)54(42)28-14-10-13-18-44(57)56-45(58)23-24-46(56)59/h9,11-12,16-17,19-22,30-31H,10,13-15,18,23-29H2,1-8H3,(H3-,53,60,61,62,63,64,65,66,67)/p+1. The summed E-state index contributed by atoms with van der Waals surface area (Å²) in [5, 5.41) is 13.7. The third-order valence-corrected chi connectivity index (χ3v) is 16.2. The number of nitrogens with one attached hydrogen (secondary N) is 1. The van der Waals surface area contributed by atoms with Gasteiger partial charge in [0.1, 0.15) is 11.5 Å². The van der Waals surface area contributed by atoms with E-state index in [0.717, 1.165) is 44.4 Å². The van der Waals surface area contributed by atoms with Crippen LogP contribution in [0.3, 0.4) is 0 Å². The van der Waals surface area contributed by atoms with Crippen LogP contribution in [0.5, 0.6) is 11.5 Å². The lowest BCUT2D eigenvalue weighted by molar-refractivity contribution is -0.437. The van der Waals surface area contributed by atoms with E-state index < -0.39 is 54.4 Å². The molecule has 16 nitrogen and oxygen atoms in total. The summed E-state index contributed by atoms with van der Waals surface area (Å²) in [6, 6.07) is 9.04. The van der Waals surface area contributed by atoms with Gasteiger partial charge in [0.05, 0.1) is 15.2 Å². The summed E-state index contributed by atoms with van der Waals surface area (Å²) in [5.41, 5.74) is 5.23. The molecule has 18 heteroatoms. The first-order valence-electron chi connectivity index (χ1n) is 23.6. The topological polar surface area (TPSA) is 228 Å². The molecule has 4 amide bonds. The molecule has 70 heavy (non-hydrogen) atoms. The highest BCUT2D eigenvalue weighted by Crippen LogP contribution is 2.49. The molecule has 0 spiro atoms. The fourth-order valence-electron chi connectivity index (χ4n) is 10.2. The van der Waals surface area contributed by atoms with Crippen LogP contribution in [-0.4, -0.2) is 95.1 Å². The van der Waals surface area contributed by atoms with Crippen molar-refractivity contribution in [2.45, 2.75) is 139 Å². The summed E-state index contributed by atoms with van der Waals surface area (Å²) in [6.45, 7) is 16.5. The maximum absolute atomic E-state index is 13.7. The maximum atomic E-state index is 13.7. The SMILES string of the molecule is Cc1c(C)c2c(c(C)c1O)CCC(C)(C(=O)NCCC[N+]1=C(/C=C/C=C/C=C3/N(CCCCCC(=O)N4C(=O)CCC4=O)c4ccc(S(=O)(=O)O)cc4C3(C)C)C(C)(C)c3cc(S(=O)(=O)O)ccc31)O2. The third-order valence-electron chi connectivity index (χ3n) is 14.5. The highest BCUT2D eigenvalue weighted by Gasteiger charge is 2.46. The Hall–Kier alpha value is -5.95. The molecule has 1 unspecified atom stereocenters. The van der Waals surface area contributed by atoms with E-state index in [0.29, 0.717) is 80.6 Å². The Morgan fingerprint density at radius 2 is 1.43 bits per heavy atom. The van der Waals surface area contributed by atoms with Gasteiger partial charge in [0.15, 0.2) is 17.9 Å². The molecule has 1 saturated heterocycles. The zero-order valence-corrected chi connectivity index (χ0v) is 42.6. The van der Waals surface area contributed by atoms with Gasteiger partial charge in [-0.1, -0.05) is 38.5 Å². The Morgan fingerprint density at radius 3 is 2.09 bits per heavy atom. The number of amides is 4. The van der Waals surface area contributed by atoms with Crippen LogP contribution >= 0.6 is 0 Å². The van der Waals surface area contributed by atoms with Gasteiger partial charge in [0.25, 0.3) is 26.1 Å². The molecule has 0 radical (unpaired) electrons. The summed E-state index contributed by atoms with van der Waals surface area (Å²) in [4.78, 5) is 52.8. The van der Waals surface area contributed by atoms with E-state index in [2.05, 4.69) is 14.8 Å². The molecule has 0 saturated carbocycles. The second-order valence-electron chi connectivity index (χ2n) is 19.8. The smallest absolute Gasteiger partial charge is 0.294 e. The molecule has 4 aliphatic heterocycles. The van der Waals surface area contributed by atoms with Gasteiger partial charge < -0.3 is 20.1 Å². The lowest BCUT2D eigenvalue weighted by atomic mass is 9.81. The van der Waals surface area contributed by atoms with Crippen molar-refractivity contribution in [1.29, 1.82) is 0 Å². The molecule has 0 aromatic heterocycles. The van der Waals surface area contributed by atoms with E-state index in [1.165, 1.54) is 24.3 Å². The Kier molecular flexibility index (Phi) is 14.3. The van der Waals surface area contributed by atoms with Gasteiger partial charge in [0.2, 0.25) is 23.4 Å². The maximum Gasteiger partial charge on any atom is 0.294 e. The molecule has 1 atom stereocenters. The fourth-order valence-corrected chi connectivity index (χ4v) is 11.2. The number of anilines is 1. The van der Waals surface area contributed by atoms with Crippen LogP contribution < -0.4 is 15.0 Å². The quantitative estimate of drug-likeness (QED) is 0.0359. The van der Waals surface area contributed by atoms with Crippen molar-refractivity contribution < 1.29 is 59.5 Å². The number of likely N-dealkylation sites (tertiary alicyclic amines) is 1. The molecule has 1 fully saturated rings. The Balaban J connectivity index is 1.10. The number of aromatic hydroxyl groups is 1. The number of allylic oxidation sites excluding steroid dienone is 6. The average Bonchev–Trinajstić information content (AvgIpc) is 3.82. The summed E-state index contributed by atoms with van der Waals surface area (Å²) in [6.07, 6.45) is 12.8. The first-order valence-corrected chi connectivity index (χ1v) is 26.5. The summed E-state index contributed by atoms with van der Waals surface area (Å²) in [5.74, 6) is -0.808. The summed E-state index contributed by atoms with van der Waals surface area (Å²) in [7, 11) is -8.99. The lowest BCUT2D eigenvalue weighted by Crippen LogP contribution is -2.51. The monoisotopic (exact) mass is 999 g/mol. The molecular weight excluding hydrogens is 937 g/mol. The van der Waals surface area contributed by atoms with Crippen LogP contribution in [0.25, 0.3) is 0 Å². The number of unbranched alkanes of at least 4 members (excludes halogenated alkanes) is 2. The first-order chi connectivity index (χ1) is 32.7. The van der Waals surface area contributed by atoms with E-state index in [9.17, 15) is 50.2 Å². The molecule has 0 aliphatic carbocycles. The van der Waals surface area contributed by atoms with Gasteiger partial charge in [-0.05, 0) is 119 Å². The van der Waals surface area contributed by atoms with Gasteiger partial charge in [0, 0.05) is 85.3 Å². The minimum atomic E-state index is -4.50. The van der Waals surface area contributed by atoms with Crippen molar-refractivity contribution in [3.63, 3.8) is 0 Å². The predicted octanol–water partition coefficient (Wildman–Crippen LogP) is 7.51. The van der Waals surface area contributed by atoms with Crippen LogP contribution in [0.15, 0.2) is 82.3 Å². The zero-order chi connectivity index (χ0) is 51.3. The van der Waals surface area contributed by atoms with E-state index in [1.807, 2.05) is 78.8 Å². The fraction of sp³-hybridized carbons (Fsp3) is 0.442. The second kappa shape index (κ2) is 19.3. The van der Waals surface area contributed by atoms with Crippen LogP contribution in [-0.2, 0) is 56.7 Å². The van der Waals surface area contributed by atoms with E-state index >= 15 is 0 Å². The van der Waals surface area contributed by atoms with Crippen molar-refractivity contribution in [3.8, 4) is 11.5 Å². The number of rotatable bonds is 16. The number of hydrogen-bond donors (Lipinski definition) is 4. The third kappa shape index (κ3) is 9.87. The molecule has 3 aromatic rings. The lowest BCUT2D eigenvalue weighted by Gasteiger charge is -2.36. The highest BCUT2D eigenvalue weighted by atomic mass is 32.2. The van der Waals surface area contributed by atoms with E-state index in [4.69, 9.17) is 4.74 Å². The minimum Gasteiger partial charge on any atom is -0.507 e. The number of carbonyl (C=O) groups is 4. The number of ether oxygens (including phenoxy) is 1. The molecule has 7 rings (SSSR count). The van der Waals surface area contributed by atoms with Gasteiger partial charge in [-0.25, -0.2) is 4.90 Å². The molecule has 4 N–H and O–H groups in total. The molecule has 0 bridgehead atoms. The predicted molar refractivity (Wildman–Crippen MR) is 264 cm³/mol. The van der Waals surface area contributed by atoms with Crippen molar-refractivity contribution in [2.24, 2.45) is 0 Å². The van der Waals surface area contributed by atoms with Crippen LogP contribution in [0.2, 0.25) is 0 Å². The van der Waals surface area contributed by atoms with Crippen LogP contribution in [0.1, 0.15) is 119 Å².